The lowest BCUT2D eigenvalue weighted by Crippen LogP contribution is -2.04. The summed E-state index contributed by atoms with van der Waals surface area (Å²) >= 11 is 0. The lowest BCUT2D eigenvalue weighted by molar-refractivity contribution is -0.137. The van der Waals surface area contributed by atoms with Gasteiger partial charge in [-0.2, -0.15) is 18.4 Å². The van der Waals surface area contributed by atoms with E-state index in [1.165, 1.54) is 24.3 Å². The lowest BCUT2D eigenvalue weighted by Gasteiger charge is -2.09. The largest absolute Gasteiger partial charge is 0.416 e. The highest BCUT2D eigenvalue weighted by Crippen LogP contribution is 2.31. The minimum atomic E-state index is -4.41. The Hall–Kier alpha value is -2.55. The van der Waals surface area contributed by atoms with Crippen LogP contribution < -0.4 is 5.73 Å². The van der Waals surface area contributed by atoms with Crippen LogP contribution in [0.25, 0.3) is 11.3 Å². The highest BCUT2D eigenvalue weighted by molar-refractivity contribution is 5.64. The van der Waals surface area contributed by atoms with E-state index in [4.69, 9.17) is 11.0 Å². The zero-order chi connectivity index (χ0) is 14.0. The number of alkyl halides is 3. The molecule has 96 valence electrons. The summed E-state index contributed by atoms with van der Waals surface area (Å²) < 4.78 is 37.8. The fraction of sp³-hybridized carbons (Fsp3) is 0.0769. The molecule has 0 unspecified atom stereocenters. The van der Waals surface area contributed by atoms with Gasteiger partial charge in [0.1, 0.15) is 11.9 Å². The molecule has 0 radical (unpaired) electrons. The van der Waals surface area contributed by atoms with E-state index in [0.29, 0.717) is 11.3 Å². The number of benzene rings is 1. The van der Waals surface area contributed by atoms with Crippen LogP contribution in [0.4, 0.5) is 19.0 Å². The van der Waals surface area contributed by atoms with Gasteiger partial charge in [-0.25, -0.2) is 4.98 Å². The summed E-state index contributed by atoms with van der Waals surface area (Å²) in [4.78, 5) is 3.93. The SMILES string of the molecule is N#Cc1ccc(-c2cccc(C(F)(F)F)c2)nc1N. The molecule has 2 rings (SSSR count). The number of nitrogens with zero attached hydrogens (tertiary/aromatic N) is 2. The van der Waals surface area contributed by atoms with E-state index in [1.807, 2.05) is 6.07 Å². The molecule has 0 fully saturated rings. The molecule has 0 amide bonds. The van der Waals surface area contributed by atoms with E-state index >= 15 is 0 Å². The maximum absolute atomic E-state index is 12.6. The standard InChI is InChI=1S/C13H8F3N3/c14-13(15,16)10-3-1-2-8(6-10)11-5-4-9(7-17)12(18)19-11/h1-6H,(H2,18,19). The number of hydrogen-bond acceptors (Lipinski definition) is 3. The van der Waals surface area contributed by atoms with Crippen molar-refractivity contribution < 1.29 is 13.2 Å². The maximum Gasteiger partial charge on any atom is 0.416 e. The second-order valence-electron chi connectivity index (χ2n) is 3.82. The third-order valence-corrected chi connectivity index (χ3v) is 2.53. The summed E-state index contributed by atoms with van der Waals surface area (Å²) in [6.07, 6.45) is -4.41. The van der Waals surface area contributed by atoms with Gasteiger partial charge in [0.25, 0.3) is 0 Å². The van der Waals surface area contributed by atoms with E-state index in [0.717, 1.165) is 12.1 Å². The Labute approximate surface area is 107 Å². The van der Waals surface area contributed by atoms with Crippen molar-refractivity contribution in [2.75, 3.05) is 5.73 Å². The van der Waals surface area contributed by atoms with Crippen molar-refractivity contribution >= 4 is 5.82 Å². The first-order valence-corrected chi connectivity index (χ1v) is 5.26. The Balaban J connectivity index is 2.48. The average Bonchev–Trinajstić information content (AvgIpc) is 2.38. The van der Waals surface area contributed by atoms with Gasteiger partial charge in [0.15, 0.2) is 0 Å². The third-order valence-electron chi connectivity index (χ3n) is 2.53. The molecule has 6 heteroatoms. The highest BCUT2D eigenvalue weighted by atomic mass is 19.4. The molecular weight excluding hydrogens is 255 g/mol. The van der Waals surface area contributed by atoms with Crippen molar-refractivity contribution in [1.82, 2.24) is 4.98 Å². The van der Waals surface area contributed by atoms with Gasteiger partial charge in [0.2, 0.25) is 0 Å². The summed E-state index contributed by atoms with van der Waals surface area (Å²) in [6.45, 7) is 0. The van der Waals surface area contributed by atoms with Gasteiger partial charge in [-0.15, -0.1) is 0 Å². The smallest absolute Gasteiger partial charge is 0.383 e. The van der Waals surface area contributed by atoms with Crippen molar-refractivity contribution in [3.63, 3.8) is 0 Å². The van der Waals surface area contributed by atoms with Crippen molar-refractivity contribution in [2.24, 2.45) is 0 Å². The fourth-order valence-corrected chi connectivity index (χ4v) is 1.59. The summed E-state index contributed by atoms with van der Waals surface area (Å²) in [7, 11) is 0. The minimum Gasteiger partial charge on any atom is -0.383 e. The number of aromatic nitrogens is 1. The number of nitrogens with two attached hydrogens (primary N) is 1. The number of rotatable bonds is 1. The number of nitrogen functional groups attached to an aromatic ring is 1. The zero-order valence-electron chi connectivity index (χ0n) is 9.57. The minimum absolute atomic E-state index is 0.00240. The lowest BCUT2D eigenvalue weighted by atomic mass is 10.1. The number of anilines is 1. The van der Waals surface area contributed by atoms with Gasteiger partial charge >= 0.3 is 6.18 Å². The summed E-state index contributed by atoms with van der Waals surface area (Å²) in [5.74, 6) is -0.00240. The van der Waals surface area contributed by atoms with Gasteiger partial charge in [-0.1, -0.05) is 12.1 Å². The zero-order valence-corrected chi connectivity index (χ0v) is 9.57. The molecule has 1 aromatic carbocycles. The predicted octanol–water partition coefficient (Wildman–Crippen LogP) is 3.22. The molecule has 19 heavy (non-hydrogen) atoms. The first-order valence-electron chi connectivity index (χ1n) is 5.26. The van der Waals surface area contributed by atoms with E-state index in [2.05, 4.69) is 4.98 Å². The molecule has 2 aromatic rings. The van der Waals surface area contributed by atoms with E-state index in [9.17, 15) is 13.2 Å². The molecule has 2 N–H and O–H groups in total. The molecule has 0 aliphatic rings. The van der Waals surface area contributed by atoms with Crippen LogP contribution in [0.3, 0.4) is 0 Å². The molecule has 0 saturated heterocycles. The molecule has 1 heterocycles. The molecule has 0 saturated carbocycles. The summed E-state index contributed by atoms with van der Waals surface area (Å²) in [6, 6.07) is 9.51. The molecule has 0 aliphatic heterocycles. The Morgan fingerprint density at radius 2 is 1.89 bits per heavy atom. The fourth-order valence-electron chi connectivity index (χ4n) is 1.59. The first-order chi connectivity index (χ1) is 8.91. The van der Waals surface area contributed by atoms with Crippen LogP contribution in [0.2, 0.25) is 0 Å². The monoisotopic (exact) mass is 263 g/mol. The van der Waals surface area contributed by atoms with E-state index < -0.39 is 11.7 Å². The van der Waals surface area contributed by atoms with Crippen LogP contribution in [-0.2, 0) is 6.18 Å². The highest BCUT2D eigenvalue weighted by Gasteiger charge is 2.30. The van der Waals surface area contributed by atoms with Crippen molar-refractivity contribution in [2.45, 2.75) is 6.18 Å². The quantitative estimate of drug-likeness (QED) is 0.859. The van der Waals surface area contributed by atoms with Crippen molar-refractivity contribution in [3.05, 3.63) is 47.5 Å². The second kappa shape index (κ2) is 4.61. The van der Waals surface area contributed by atoms with Crippen LogP contribution in [0.5, 0.6) is 0 Å². The molecule has 0 bridgehead atoms. The summed E-state index contributed by atoms with van der Waals surface area (Å²) in [5.41, 5.74) is 5.56. The molecular formula is C13H8F3N3. The molecule has 0 atom stereocenters. The third kappa shape index (κ3) is 2.65. The van der Waals surface area contributed by atoms with Gasteiger partial charge in [0.05, 0.1) is 16.8 Å². The number of halogens is 3. The Kier molecular flexibility index (Phi) is 3.13. The van der Waals surface area contributed by atoms with Crippen LogP contribution >= 0.6 is 0 Å². The Morgan fingerprint density at radius 1 is 1.16 bits per heavy atom. The van der Waals surface area contributed by atoms with Crippen LogP contribution in [0.1, 0.15) is 11.1 Å². The topological polar surface area (TPSA) is 62.7 Å². The average molecular weight is 263 g/mol. The van der Waals surface area contributed by atoms with Crippen molar-refractivity contribution in [3.8, 4) is 17.3 Å². The van der Waals surface area contributed by atoms with Gasteiger partial charge in [-0.3, -0.25) is 0 Å². The van der Waals surface area contributed by atoms with Crippen LogP contribution in [0, 0.1) is 11.3 Å². The van der Waals surface area contributed by atoms with Gasteiger partial charge in [0, 0.05) is 5.56 Å². The Bertz CT molecular complexity index is 657. The molecule has 0 aliphatic carbocycles. The number of pyridine rings is 1. The van der Waals surface area contributed by atoms with Crippen LogP contribution in [-0.4, -0.2) is 4.98 Å². The second-order valence-corrected chi connectivity index (χ2v) is 3.82. The van der Waals surface area contributed by atoms with Gasteiger partial charge in [-0.05, 0) is 24.3 Å². The van der Waals surface area contributed by atoms with Gasteiger partial charge < -0.3 is 5.73 Å². The van der Waals surface area contributed by atoms with E-state index in [1.54, 1.807) is 0 Å². The maximum atomic E-state index is 12.6. The number of hydrogen-bond donors (Lipinski definition) is 1. The first kappa shape index (κ1) is 12.9. The molecule has 1 aromatic heterocycles. The van der Waals surface area contributed by atoms with Crippen LogP contribution in [0.15, 0.2) is 36.4 Å². The normalized spacial score (nSPS) is 11.1. The number of nitriles is 1. The molecule has 0 spiro atoms. The van der Waals surface area contributed by atoms with E-state index in [-0.39, 0.29) is 11.4 Å². The predicted molar refractivity (Wildman–Crippen MR) is 63.8 cm³/mol. The summed E-state index contributed by atoms with van der Waals surface area (Å²) in [5, 5.41) is 8.71. The molecule has 3 nitrogen and oxygen atoms in total. The Morgan fingerprint density at radius 3 is 2.47 bits per heavy atom. The van der Waals surface area contributed by atoms with Crippen molar-refractivity contribution in [1.29, 1.82) is 5.26 Å².